The number of rotatable bonds is 10. The summed E-state index contributed by atoms with van der Waals surface area (Å²) in [4.78, 5) is 33.1. The van der Waals surface area contributed by atoms with Crippen molar-refractivity contribution in [1.82, 2.24) is 15.2 Å². The van der Waals surface area contributed by atoms with Crippen molar-refractivity contribution in [2.24, 2.45) is 17.3 Å². The molecule has 4 atom stereocenters. The zero-order valence-corrected chi connectivity index (χ0v) is 24.7. The molecule has 1 aromatic carbocycles. The molecule has 2 N–H and O–H groups in total. The number of pyridine rings is 1. The number of halogens is 1. The molecule has 1 aliphatic carbocycles. The average Bonchev–Trinajstić information content (AvgIpc) is 3.29. The molecule has 9 heteroatoms. The maximum absolute atomic E-state index is 14.2. The van der Waals surface area contributed by atoms with Gasteiger partial charge >= 0.3 is 5.97 Å². The highest BCUT2D eigenvalue weighted by Crippen LogP contribution is 2.49. The normalized spacial score (nSPS) is 23.8. The first-order chi connectivity index (χ1) is 19.1. The molecule has 0 spiro atoms. The quantitative estimate of drug-likeness (QED) is 0.287. The number of hydrogen-bond acceptors (Lipinski definition) is 6. The molecule has 0 bridgehead atoms. The van der Waals surface area contributed by atoms with Gasteiger partial charge in [-0.1, -0.05) is 82.0 Å². The lowest BCUT2D eigenvalue weighted by atomic mass is 9.72. The van der Waals surface area contributed by atoms with Crippen LogP contribution in [0.5, 0.6) is 5.75 Å². The van der Waals surface area contributed by atoms with Gasteiger partial charge in [0.15, 0.2) is 0 Å². The highest BCUT2D eigenvalue weighted by atomic mass is 35.5. The topological polar surface area (TPSA) is 101 Å². The van der Waals surface area contributed by atoms with Crippen LogP contribution < -0.4 is 10.1 Å². The van der Waals surface area contributed by atoms with Gasteiger partial charge in [0, 0.05) is 37.1 Å². The summed E-state index contributed by atoms with van der Waals surface area (Å²) in [6.07, 6.45) is 6.32. The molecule has 8 nitrogen and oxygen atoms in total. The molecule has 2 aliphatic rings. The standard InChI is InChI=1S/C31H42ClN3O5/c1-31(2,3)25-26(34-18-22-17-24(32)33-19-23(22)40-16-15-39-4)27(20-11-7-5-8-12-20)35(28(25)30(37)38)29(36)21-13-9-6-10-14-21/h5,7-8,11-12,17,19,21,25-28,34H,6,9-10,13-16,18H2,1-4H3,(H,37,38)/t25-,26-,27-,28-/m1/s1. The number of benzene rings is 1. The Morgan fingerprint density at radius 2 is 1.82 bits per heavy atom. The Morgan fingerprint density at radius 3 is 2.45 bits per heavy atom. The van der Waals surface area contributed by atoms with Crippen molar-refractivity contribution in [3.8, 4) is 5.75 Å². The van der Waals surface area contributed by atoms with Gasteiger partial charge in [0.25, 0.3) is 0 Å². The zero-order chi connectivity index (χ0) is 28.9. The van der Waals surface area contributed by atoms with Gasteiger partial charge in [-0.2, -0.15) is 0 Å². The van der Waals surface area contributed by atoms with Crippen molar-refractivity contribution < 1.29 is 24.2 Å². The number of nitrogens with one attached hydrogen (secondary N) is 1. The summed E-state index contributed by atoms with van der Waals surface area (Å²) >= 11 is 6.27. The van der Waals surface area contributed by atoms with Crippen LogP contribution in [0, 0.1) is 17.3 Å². The Morgan fingerprint density at radius 1 is 1.12 bits per heavy atom. The second-order valence-corrected chi connectivity index (χ2v) is 12.4. The Labute approximate surface area is 242 Å². The third-order valence-corrected chi connectivity index (χ3v) is 8.46. The zero-order valence-electron chi connectivity index (χ0n) is 23.9. The van der Waals surface area contributed by atoms with Gasteiger partial charge in [-0.15, -0.1) is 0 Å². The molecule has 2 heterocycles. The fourth-order valence-electron chi connectivity index (χ4n) is 6.47. The monoisotopic (exact) mass is 571 g/mol. The van der Waals surface area contributed by atoms with E-state index >= 15 is 0 Å². The predicted molar refractivity (Wildman–Crippen MR) is 154 cm³/mol. The van der Waals surface area contributed by atoms with E-state index in [1.807, 2.05) is 30.3 Å². The van der Waals surface area contributed by atoms with Gasteiger partial charge in [-0.05, 0) is 29.9 Å². The molecule has 2 fully saturated rings. The molecule has 40 heavy (non-hydrogen) atoms. The van der Waals surface area contributed by atoms with E-state index in [0.717, 1.165) is 43.2 Å². The molecule has 218 valence electrons. The van der Waals surface area contributed by atoms with Crippen molar-refractivity contribution in [2.75, 3.05) is 20.3 Å². The summed E-state index contributed by atoms with van der Waals surface area (Å²) in [5.41, 5.74) is 1.31. The number of ether oxygens (including phenoxy) is 2. The van der Waals surface area contributed by atoms with E-state index in [1.165, 1.54) is 0 Å². The lowest BCUT2D eigenvalue weighted by Gasteiger charge is -2.36. The van der Waals surface area contributed by atoms with Crippen LogP contribution in [0.3, 0.4) is 0 Å². The van der Waals surface area contributed by atoms with E-state index in [2.05, 4.69) is 31.1 Å². The van der Waals surface area contributed by atoms with Crippen LogP contribution in [0.1, 0.15) is 70.0 Å². The number of carboxylic acids is 1. The van der Waals surface area contributed by atoms with E-state index < -0.39 is 23.5 Å². The number of carboxylic acid groups (broad SMARTS) is 1. The Kier molecular flexibility index (Phi) is 10.1. The number of amides is 1. The summed E-state index contributed by atoms with van der Waals surface area (Å²) in [5.74, 6) is -0.945. The second-order valence-electron chi connectivity index (χ2n) is 12.0. The summed E-state index contributed by atoms with van der Waals surface area (Å²) in [6.45, 7) is 7.32. The number of methoxy groups -OCH3 is 1. The first-order valence-electron chi connectivity index (χ1n) is 14.2. The number of hydrogen-bond donors (Lipinski definition) is 2. The van der Waals surface area contributed by atoms with Gasteiger partial charge in [0.2, 0.25) is 5.91 Å². The first-order valence-corrected chi connectivity index (χ1v) is 14.6. The lowest BCUT2D eigenvalue weighted by Crippen LogP contribution is -2.49. The van der Waals surface area contributed by atoms with Gasteiger partial charge in [0.05, 0.1) is 18.8 Å². The van der Waals surface area contributed by atoms with Crippen molar-refractivity contribution in [3.05, 3.63) is 58.9 Å². The van der Waals surface area contributed by atoms with Crippen LogP contribution in [-0.2, 0) is 20.9 Å². The maximum atomic E-state index is 14.2. The highest BCUT2D eigenvalue weighted by molar-refractivity contribution is 6.29. The Hall–Kier alpha value is -2.68. The van der Waals surface area contributed by atoms with E-state index in [1.54, 1.807) is 24.3 Å². The lowest BCUT2D eigenvalue weighted by molar-refractivity contribution is -0.154. The number of aromatic nitrogens is 1. The number of likely N-dealkylation sites (tertiary alicyclic amines) is 1. The van der Waals surface area contributed by atoms with Gasteiger partial charge in [-0.3, -0.25) is 4.79 Å². The number of aliphatic carboxylic acids is 1. The summed E-state index contributed by atoms with van der Waals surface area (Å²) in [5, 5.41) is 14.7. The van der Waals surface area contributed by atoms with Gasteiger partial charge in [-0.25, -0.2) is 9.78 Å². The smallest absolute Gasteiger partial charge is 0.326 e. The van der Waals surface area contributed by atoms with Gasteiger partial charge < -0.3 is 24.8 Å². The molecule has 1 aliphatic heterocycles. The second kappa shape index (κ2) is 13.3. The summed E-state index contributed by atoms with van der Waals surface area (Å²) in [6, 6.07) is 9.82. The minimum absolute atomic E-state index is 0.0463. The van der Waals surface area contributed by atoms with E-state index in [0.29, 0.717) is 30.7 Å². The van der Waals surface area contributed by atoms with Gasteiger partial charge in [0.1, 0.15) is 23.6 Å². The van der Waals surface area contributed by atoms with Crippen molar-refractivity contribution in [2.45, 2.75) is 77.5 Å². The van der Waals surface area contributed by atoms with Crippen LogP contribution >= 0.6 is 11.6 Å². The predicted octanol–water partition coefficient (Wildman–Crippen LogP) is 5.50. The fraction of sp³-hybridized carbons (Fsp3) is 0.581. The molecule has 1 saturated heterocycles. The van der Waals surface area contributed by atoms with Crippen molar-refractivity contribution >= 4 is 23.5 Å². The SMILES string of the molecule is COCCOc1cnc(Cl)cc1CN[C@@H]1[C@@H](C(C)(C)C)[C@H](C(=O)O)N(C(=O)C2CCCCC2)[C@@H]1c1ccccc1. The molecule has 1 aromatic heterocycles. The Balaban J connectivity index is 1.76. The molecular weight excluding hydrogens is 530 g/mol. The minimum atomic E-state index is -0.968. The third-order valence-electron chi connectivity index (χ3n) is 8.26. The summed E-state index contributed by atoms with van der Waals surface area (Å²) in [7, 11) is 1.61. The van der Waals surface area contributed by atoms with E-state index in [4.69, 9.17) is 21.1 Å². The average molecular weight is 572 g/mol. The fourth-order valence-corrected chi connectivity index (χ4v) is 6.65. The summed E-state index contributed by atoms with van der Waals surface area (Å²) < 4.78 is 11.0. The molecule has 0 radical (unpaired) electrons. The molecule has 1 amide bonds. The molecule has 1 saturated carbocycles. The number of carbonyl (C=O) groups excluding carboxylic acids is 1. The molecule has 2 aromatic rings. The van der Waals surface area contributed by atoms with E-state index in [9.17, 15) is 14.7 Å². The first kappa shape index (κ1) is 30.3. The number of carbonyl (C=O) groups is 2. The van der Waals surface area contributed by atoms with Crippen molar-refractivity contribution in [3.63, 3.8) is 0 Å². The minimum Gasteiger partial charge on any atom is -0.489 e. The highest BCUT2D eigenvalue weighted by Gasteiger charge is 2.58. The Bertz CT molecular complexity index is 1150. The van der Waals surface area contributed by atoms with E-state index in [-0.39, 0.29) is 23.8 Å². The third kappa shape index (κ3) is 6.78. The van der Waals surface area contributed by atoms with Crippen molar-refractivity contribution in [1.29, 1.82) is 0 Å². The van der Waals surface area contributed by atoms with Crippen LogP contribution in [-0.4, -0.2) is 59.3 Å². The van der Waals surface area contributed by atoms with Crippen LogP contribution in [0.15, 0.2) is 42.6 Å². The van der Waals surface area contributed by atoms with Crippen LogP contribution in [0.2, 0.25) is 5.15 Å². The van der Waals surface area contributed by atoms with Crippen LogP contribution in [0.25, 0.3) is 0 Å². The molecule has 4 rings (SSSR count). The molecule has 0 unspecified atom stereocenters. The van der Waals surface area contributed by atoms with Crippen LogP contribution in [0.4, 0.5) is 0 Å². The largest absolute Gasteiger partial charge is 0.489 e. The molecular formula is C31H42ClN3O5. The maximum Gasteiger partial charge on any atom is 0.326 e. The number of nitrogens with zero attached hydrogens (tertiary/aromatic N) is 2.